The van der Waals surface area contributed by atoms with Gasteiger partial charge in [0.1, 0.15) is 0 Å². The normalized spacial score (nSPS) is 9.69. The lowest BCUT2D eigenvalue weighted by molar-refractivity contribution is 0.0526. The van der Waals surface area contributed by atoms with E-state index in [4.69, 9.17) is 4.74 Å². The van der Waals surface area contributed by atoms with Crippen molar-refractivity contribution in [2.75, 3.05) is 6.61 Å². The number of halogens is 1. The van der Waals surface area contributed by atoms with Crippen LogP contribution in [0.1, 0.15) is 23.0 Å². The standard InChI is InChI=1S/C9H10BrNO2/c1-2-13-9(12)7-3-4-8(5-10)11-6-7/h3-4,6H,2,5H2,1H3. The molecular weight excluding hydrogens is 234 g/mol. The molecule has 0 saturated heterocycles. The fraction of sp³-hybridized carbons (Fsp3) is 0.333. The lowest BCUT2D eigenvalue weighted by atomic mass is 10.2. The molecule has 70 valence electrons. The van der Waals surface area contributed by atoms with Gasteiger partial charge in [-0.15, -0.1) is 0 Å². The van der Waals surface area contributed by atoms with Gasteiger partial charge in [-0.1, -0.05) is 15.9 Å². The molecule has 13 heavy (non-hydrogen) atoms. The summed E-state index contributed by atoms with van der Waals surface area (Å²) < 4.78 is 4.81. The molecule has 1 rings (SSSR count). The van der Waals surface area contributed by atoms with Gasteiger partial charge in [-0.25, -0.2) is 4.79 Å². The molecule has 0 radical (unpaired) electrons. The molecule has 1 aromatic rings. The molecular formula is C9H10BrNO2. The smallest absolute Gasteiger partial charge is 0.339 e. The first-order valence-electron chi connectivity index (χ1n) is 3.96. The summed E-state index contributed by atoms with van der Waals surface area (Å²) in [6, 6.07) is 3.50. The summed E-state index contributed by atoms with van der Waals surface area (Å²) in [7, 11) is 0. The zero-order valence-electron chi connectivity index (χ0n) is 7.29. The van der Waals surface area contributed by atoms with Crippen molar-refractivity contribution in [3.8, 4) is 0 Å². The number of hydrogen-bond acceptors (Lipinski definition) is 3. The van der Waals surface area contributed by atoms with Gasteiger partial charge in [-0.3, -0.25) is 4.98 Å². The molecule has 1 heterocycles. The van der Waals surface area contributed by atoms with Crippen molar-refractivity contribution in [2.45, 2.75) is 12.3 Å². The third-order valence-electron chi connectivity index (χ3n) is 1.47. The van der Waals surface area contributed by atoms with E-state index in [1.807, 2.05) is 0 Å². The van der Waals surface area contributed by atoms with Crippen molar-refractivity contribution in [3.05, 3.63) is 29.6 Å². The van der Waals surface area contributed by atoms with Gasteiger partial charge in [0.05, 0.1) is 17.9 Å². The maximum absolute atomic E-state index is 11.2. The molecule has 0 aliphatic heterocycles. The Bertz CT molecular complexity index is 284. The number of alkyl halides is 1. The van der Waals surface area contributed by atoms with Crippen LogP contribution in [0, 0.1) is 0 Å². The second-order valence-corrected chi connectivity index (χ2v) is 2.95. The van der Waals surface area contributed by atoms with E-state index < -0.39 is 0 Å². The van der Waals surface area contributed by atoms with E-state index in [9.17, 15) is 4.79 Å². The number of ether oxygens (including phenoxy) is 1. The minimum absolute atomic E-state index is 0.323. The quantitative estimate of drug-likeness (QED) is 0.604. The summed E-state index contributed by atoms with van der Waals surface area (Å²) in [5.74, 6) is -0.323. The van der Waals surface area contributed by atoms with E-state index >= 15 is 0 Å². The average molecular weight is 244 g/mol. The lowest BCUT2D eigenvalue weighted by Crippen LogP contribution is -2.05. The molecule has 0 saturated carbocycles. The largest absolute Gasteiger partial charge is 0.462 e. The first kappa shape index (κ1) is 10.2. The zero-order valence-corrected chi connectivity index (χ0v) is 8.87. The summed E-state index contributed by atoms with van der Waals surface area (Å²) in [5.41, 5.74) is 1.39. The van der Waals surface area contributed by atoms with Crippen molar-refractivity contribution in [1.29, 1.82) is 0 Å². The topological polar surface area (TPSA) is 39.2 Å². The highest BCUT2D eigenvalue weighted by Crippen LogP contribution is 2.05. The van der Waals surface area contributed by atoms with E-state index in [-0.39, 0.29) is 5.97 Å². The number of esters is 1. The van der Waals surface area contributed by atoms with Crippen LogP contribution in [0.2, 0.25) is 0 Å². The third-order valence-corrected chi connectivity index (χ3v) is 2.05. The summed E-state index contributed by atoms with van der Waals surface area (Å²) in [5, 5.41) is 0.691. The number of carbonyl (C=O) groups excluding carboxylic acids is 1. The highest BCUT2D eigenvalue weighted by atomic mass is 79.9. The molecule has 0 amide bonds. The molecule has 3 nitrogen and oxygen atoms in total. The predicted molar refractivity (Wildman–Crippen MR) is 52.8 cm³/mol. The number of pyridine rings is 1. The fourth-order valence-electron chi connectivity index (χ4n) is 0.839. The highest BCUT2D eigenvalue weighted by Gasteiger charge is 2.05. The molecule has 0 aliphatic carbocycles. The first-order valence-corrected chi connectivity index (χ1v) is 5.08. The van der Waals surface area contributed by atoms with E-state index in [2.05, 4.69) is 20.9 Å². The van der Waals surface area contributed by atoms with Crippen LogP contribution < -0.4 is 0 Å². The van der Waals surface area contributed by atoms with Gasteiger partial charge in [0.2, 0.25) is 0 Å². The van der Waals surface area contributed by atoms with Gasteiger partial charge in [-0.2, -0.15) is 0 Å². The van der Waals surface area contributed by atoms with Gasteiger partial charge in [0.15, 0.2) is 0 Å². The van der Waals surface area contributed by atoms with E-state index in [1.165, 1.54) is 6.20 Å². The number of nitrogens with zero attached hydrogens (tertiary/aromatic N) is 1. The van der Waals surface area contributed by atoms with Gasteiger partial charge >= 0.3 is 5.97 Å². The number of aromatic nitrogens is 1. The van der Waals surface area contributed by atoms with Crippen molar-refractivity contribution >= 4 is 21.9 Å². The Morgan fingerprint density at radius 3 is 2.85 bits per heavy atom. The van der Waals surface area contributed by atoms with Crippen LogP contribution in [0.5, 0.6) is 0 Å². The van der Waals surface area contributed by atoms with Crippen LogP contribution in [0.15, 0.2) is 18.3 Å². The minimum Gasteiger partial charge on any atom is -0.462 e. The summed E-state index contributed by atoms with van der Waals surface area (Å²) in [6.45, 7) is 2.16. The zero-order chi connectivity index (χ0) is 9.68. The number of carbonyl (C=O) groups is 1. The minimum atomic E-state index is -0.323. The maximum atomic E-state index is 11.2. The van der Waals surface area contributed by atoms with E-state index in [0.29, 0.717) is 17.5 Å². The van der Waals surface area contributed by atoms with Gasteiger partial charge in [0, 0.05) is 11.5 Å². The monoisotopic (exact) mass is 243 g/mol. The Balaban J connectivity index is 2.74. The van der Waals surface area contributed by atoms with Crippen LogP contribution >= 0.6 is 15.9 Å². The molecule has 0 N–H and O–H groups in total. The molecule has 0 aromatic carbocycles. The molecule has 0 spiro atoms. The van der Waals surface area contributed by atoms with Crippen LogP contribution in [0.3, 0.4) is 0 Å². The highest BCUT2D eigenvalue weighted by molar-refractivity contribution is 9.08. The lowest BCUT2D eigenvalue weighted by Gasteiger charge is -2.01. The Hall–Kier alpha value is -0.900. The predicted octanol–water partition coefficient (Wildman–Crippen LogP) is 2.15. The van der Waals surface area contributed by atoms with Crippen molar-refractivity contribution in [2.24, 2.45) is 0 Å². The average Bonchev–Trinajstić information content (AvgIpc) is 2.18. The molecule has 0 bridgehead atoms. The SMILES string of the molecule is CCOC(=O)c1ccc(CBr)nc1. The Morgan fingerprint density at radius 1 is 1.62 bits per heavy atom. The van der Waals surface area contributed by atoms with Crippen LogP contribution in [0.4, 0.5) is 0 Å². The van der Waals surface area contributed by atoms with Gasteiger partial charge in [-0.05, 0) is 19.1 Å². The van der Waals surface area contributed by atoms with E-state index in [1.54, 1.807) is 19.1 Å². The van der Waals surface area contributed by atoms with Crippen LogP contribution in [-0.2, 0) is 10.1 Å². The van der Waals surface area contributed by atoms with Crippen molar-refractivity contribution < 1.29 is 9.53 Å². The maximum Gasteiger partial charge on any atom is 0.339 e. The van der Waals surface area contributed by atoms with Gasteiger partial charge in [0.25, 0.3) is 0 Å². The molecule has 1 aromatic heterocycles. The Morgan fingerprint density at radius 2 is 2.38 bits per heavy atom. The van der Waals surface area contributed by atoms with Crippen LogP contribution in [-0.4, -0.2) is 17.6 Å². The molecule has 0 aliphatic rings. The van der Waals surface area contributed by atoms with Crippen molar-refractivity contribution in [1.82, 2.24) is 4.98 Å². The second kappa shape index (κ2) is 4.97. The summed E-state index contributed by atoms with van der Waals surface area (Å²) in [4.78, 5) is 15.2. The van der Waals surface area contributed by atoms with Crippen molar-refractivity contribution in [3.63, 3.8) is 0 Å². The molecule has 4 heteroatoms. The fourth-order valence-corrected chi connectivity index (χ4v) is 1.17. The summed E-state index contributed by atoms with van der Waals surface area (Å²) >= 11 is 3.27. The molecule has 0 atom stereocenters. The number of hydrogen-bond donors (Lipinski definition) is 0. The molecule has 0 fully saturated rings. The summed E-state index contributed by atoms with van der Waals surface area (Å²) in [6.07, 6.45) is 1.52. The second-order valence-electron chi connectivity index (χ2n) is 2.39. The van der Waals surface area contributed by atoms with Gasteiger partial charge < -0.3 is 4.74 Å². The Kier molecular flexibility index (Phi) is 3.89. The third kappa shape index (κ3) is 2.81. The Labute approximate surface area is 85.3 Å². The number of rotatable bonds is 3. The van der Waals surface area contributed by atoms with E-state index in [0.717, 1.165) is 5.69 Å². The van der Waals surface area contributed by atoms with Crippen LogP contribution in [0.25, 0.3) is 0 Å². The molecule has 0 unspecified atom stereocenters. The first-order chi connectivity index (χ1) is 6.27.